The highest BCUT2D eigenvalue weighted by Crippen LogP contribution is 2.14. The van der Waals surface area contributed by atoms with Crippen LogP contribution in [0.5, 0.6) is 0 Å². The molecule has 98 valence electrons. The van der Waals surface area contributed by atoms with Crippen molar-refractivity contribution in [3.05, 3.63) is 53.6 Å². The molecule has 0 radical (unpaired) electrons. The first-order valence-electron chi connectivity index (χ1n) is 6.29. The molecule has 0 aliphatic carbocycles. The van der Waals surface area contributed by atoms with Crippen LogP contribution in [-0.4, -0.2) is 25.6 Å². The molecular weight excluding hydrogens is 258 g/mol. The molecule has 0 bridgehead atoms. The van der Waals surface area contributed by atoms with E-state index in [1.54, 1.807) is 23.7 Å². The van der Waals surface area contributed by atoms with E-state index in [9.17, 15) is 5.11 Å². The molecule has 3 aromatic heterocycles. The number of pyridine rings is 1. The minimum atomic E-state index is -0.349. The number of rotatable bonds is 5. The molecule has 3 aromatic rings. The second kappa shape index (κ2) is 5.50. The molecule has 0 aromatic carbocycles. The normalized spacial score (nSPS) is 12.9. The van der Waals surface area contributed by atoms with Gasteiger partial charge in [-0.15, -0.1) is 11.3 Å². The highest BCUT2D eigenvalue weighted by molar-refractivity contribution is 7.15. The van der Waals surface area contributed by atoms with Gasteiger partial charge < -0.3 is 5.11 Å². The van der Waals surface area contributed by atoms with Crippen molar-refractivity contribution in [3.63, 3.8) is 0 Å². The Morgan fingerprint density at radius 2 is 2.16 bits per heavy atom. The quantitative estimate of drug-likeness (QED) is 0.776. The zero-order chi connectivity index (χ0) is 13.1. The lowest BCUT2D eigenvalue weighted by Crippen LogP contribution is -2.11. The highest BCUT2D eigenvalue weighted by atomic mass is 32.1. The summed E-state index contributed by atoms with van der Waals surface area (Å²) in [6.07, 6.45) is 9.41. The van der Waals surface area contributed by atoms with E-state index in [1.165, 1.54) is 5.56 Å². The van der Waals surface area contributed by atoms with Gasteiger partial charge in [0.25, 0.3) is 0 Å². The topological polar surface area (TPSA) is 50.4 Å². The summed E-state index contributed by atoms with van der Waals surface area (Å²) in [7, 11) is 0. The van der Waals surface area contributed by atoms with Crippen molar-refractivity contribution in [3.8, 4) is 0 Å². The fourth-order valence-electron chi connectivity index (χ4n) is 2.10. The second-order valence-corrected chi connectivity index (χ2v) is 5.45. The smallest absolute Gasteiger partial charge is 0.193 e. The lowest BCUT2D eigenvalue weighted by atomic mass is 10.1. The highest BCUT2D eigenvalue weighted by Gasteiger charge is 2.09. The molecule has 4 nitrogen and oxygen atoms in total. The Labute approximate surface area is 115 Å². The number of aliphatic hydroxyl groups is 1. The maximum absolute atomic E-state index is 10.1. The van der Waals surface area contributed by atoms with Gasteiger partial charge in [-0.1, -0.05) is 0 Å². The molecule has 1 atom stereocenters. The lowest BCUT2D eigenvalue weighted by molar-refractivity contribution is 0.164. The summed E-state index contributed by atoms with van der Waals surface area (Å²) in [5.74, 6) is 0. The van der Waals surface area contributed by atoms with Gasteiger partial charge in [-0.3, -0.25) is 9.38 Å². The van der Waals surface area contributed by atoms with Crippen molar-refractivity contribution < 1.29 is 5.11 Å². The third-order valence-corrected chi connectivity index (χ3v) is 3.87. The van der Waals surface area contributed by atoms with Crippen molar-refractivity contribution in [1.29, 1.82) is 0 Å². The molecule has 5 heteroatoms. The van der Waals surface area contributed by atoms with Gasteiger partial charge >= 0.3 is 0 Å². The average Bonchev–Trinajstić information content (AvgIpc) is 2.98. The van der Waals surface area contributed by atoms with Crippen LogP contribution in [0, 0.1) is 0 Å². The van der Waals surface area contributed by atoms with Crippen molar-refractivity contribution in [2.75, 3.05) is 0 Å². The van der Waals surface area contributed by atoms with Crippen LogP contribution in [0.15, 0.2) is 42.3 Å². The second-order valence-electron chi connectivity index (χ2n) is 4.58. The Morgan fingerprint density at radius 3 is 2.95 bits per heavy atom. The summed E-state index contributed by atoms with van der Waals surface area (Å²) in [6.45, 7) is 0. The number of thiazole rings is 1. The van der Waals surface area contributed by atoms with Crippen LogP contribution < -0.4 is 0 Å². The summed E-state index contributed by atoms with van der Waals surface area (Å²) in [5, 5.41) is 12.1. The maximum atomic E-state index is 10.1. The van der Waals surface area contributed by atoms with Gasteiger partial charge in [-0.25, -0.2) is 4.98 Å². The maximum Gasteiger partial charge on any atom is 0.193 e. The molecule has 3 rings (SSSR count). The number of aromatic nitrogens is 3. The fourth-order valence-corrected chi connectivity index (χ4v) is 2.82. The summed E-state index contributed by atoms with van der Waals surface area (Å²) in [6, 6.07) is 3.97. The fraction of sp³-hybridized carbons (Fsp3) is 0.286. The van der Waals surface area contributed by atoms with Gasteiger partial charge in [-0.2, -0.15) is 0 Å². The van der Waals surface area contributed by atoms with E-state index in [0.717, 1.165) is 23.5 Å². The Kier molecular flexibility index (Phi) is 3.57. The average molecular weight is 273 g/mol. The molecule has 3 heterocycles. The Hall–Kier alpha value is -1.72. The minimum Gasteiger partial charge on any atom is -0.393 e. The molecule has 0 fully saturated rings. The van der Waals surface area contributed by atoms with E-state index in [-0.39, 0.29) is 6.10 Å². The number of hydrogen-bond acceptors (Lipinski definition) is 4. The first-order valence-corrected chi connectivity index (χ1v) is 7.17. The van der Waals surface area contributed by atoms with Crippen LogP contribution in [0.25, 0.3) is 4.96 Å². The standard InChI is InChI=1S/C14H15N3OS/c18-13(2-1-11-3-5-15-6-4-11)9-12-10-17-7-8-19-14(17)16-12/h3-8,10,13,18H,1-2,9H2. The lowest BCUT2D eigenvalue weighted by Gasteiger charge is -2.08. The molecule has 0 saturated carbocycles. The van der Waals surface area contributed by atoms with Crippen LogP contribution in [0.1, 0.15) is 17.7 Å². The largest absolute Gasteiger partial charge is 0.393 e. The SMILES string of the molecule is OC(CCc1ccncc1)Cc1cn2ccsc2n1. The van der Waals surface area contributed by atoms with Gasteiger partial charge in [0, 0.05) is 36.6 Å². The predicted octanol–water partition coefficient (Wildman–Crippen LogP) is 2.33. The predicted molar refractivity (Wildman–Crippen MR) is 75.3 cm³/mol. The van der Waals surface area contributed by atoms with Gasteiger partial charge in [0.05, 0.1) is 11.8 Å². The molecule has 1 unspecified atom stereocenters. The van der Waals surface area contributed by atoms with E-state index in [4.69, 9.17) is 0 Å². The molecule has 0 aliphatic rings. The van der Waals surface area contributed by atoms with Crippen LogP contribution in [0.3, 0.4) is 0 Å². The molecule has 0 saturated heterocycles. The molecule has 1 N–H and O–H groups in total. The third-order valence-electron chi connectivity index (χ3n) is 3.10. The molecular formula is C14H15N3OS. The summed E-state index contributed by atoms with van der Waals surface area (Å²) >= 11 is 1.61. The van der Waals surface area contributed by atoms with Gasteiger partial charge in [0.1, 0.15) is 0 Å². The van der Waals surface area contributed by atoms with Crippen LogP contribution in [-0.2, 0) is 12.8 Å². The van der Waals surface area contributed by atoms with Gasteiger partial charge in [0.15, 0.2) is 4.96 Å². The van der Waals surface area contributed by atoms with Crippen LogP contribution in [0.2, 0.25) is 0 Å². The number of aryl methyl sites for hydroxylation is 1. The van der Waals surface area contributed by atoms with E-state index in [1.807, 2.05) is 34.3 Å². The summed E-state index contributed by atoms with van der Waals surface area (Å²) in [5.41, 5.74) is 2.16. The van der Waals surface area contributed by atoms with E-state index >= 15 is 0 Å². The molecule has 0 amide bonds. The number of fused-ring (bicyclic) bond motifs is 1. The van der Waals surface area contributed by atoms with Crippen LogP contribution in [0.4, 0.5) is 0 Å². The van der Waals surface area contributed by atoms with E-state index in [2.05, 4.69) is 9.97 Å². The summed E-state index contributed by atoms with van der Waals surface area (Å²) in [4.78, 5) is 9.45. The summed E-state index contributed by atoms with van der Waals surface area (Å²) < 4.78 is 2.00. The molecule has 0 aliphatic heterocycles. The Balaban J connectivity index is 1.56. The van der Waals surface area contributed by atoms with Crippen molar-refractivity contribution in [1.82, 2.24) is 14.4 Å². The zero-order valence-electron chi connectivity index (χ0n) is 10.4. The number of hydrogen-bond donors (Lipinski definition) is 1. The first-order chi connectivity index (χ1) is 9.31. The first kappa shape index (κ1) is 12.3. The van der Waals surface area contributed by atoms with E-state index in [0.29, 0.717) is 6.42 Å². The third kappa shape index (κ3) is 3.00. The molecule has 0 spiro atoms. The van der Waals surface area contributed by atoms with E-state index < -0.39 is 0 Å². The Bertz CT molecular complexity index is 618. The van der Waals surface area contributed by atoms with Crippen molar-refractivity contribution in [2.45, 2.75) is 25.4 Å². The Morgan fingerprint density at radius 1 is 1.32 bits per heavy atom. The van der Waals surface area contributed by atoms with Crippen LogP contribution >= 0.6 is 11.3 Å². The monoisotopic (exact) mass is 273 g/mol. The number of imidazole rings is 1. The minimum absolute atomic E-state index is 0.349. The van der Waals surface area contributed by atoms with Crippen molar-refractivity contribution in [2.24, 2.45) is 0 Å². The molecule has 19 heavy (non-hydrogen) atoms. The van der Waals surface area contributed by atoms with Gasteiger partial charge in [-0.05, 0) is 30.5 Å². The van der Waals surface area contributed by atoms with Gasteiger partial charge in [0.2, 0.25) is 0 Å². The van der Waals surface area contributed by atoms with Crippen molar-refractivity contribution >= 4 is 16.3 Å². The number of nitrogens with zero attached hydrogens (tertiary/aromatic N) is 3. The zero-order valence-corrected chi connectivity index (χ0v) is 11.3. The number of aliphatic hydroxyl groups excluding tert-OH is 1.